The molecule has 0 spiro atoms. The molecule has 0 saturated heterocycles. The van der Waals surface area contributed by atoms with Crippen LogP contribution >= 0.6 is 0 Å². The third kappa shape index (κ3) is 5.57. The van der Waals surface area contributed by atoms with E-state index in [4.69, 9.17) is 5.26 Å². The molecule has 142 valence electrons. The van der Waals surface area contributed by atoms with Crippen LogP contribution in [0.4, 0.5) is 0 Å². The molecule has 1 nitrogen and oxygen atoms in total. The van der Waals surface area contributed by atoms with E-state index in [2.05, 4.69) is 61.5 Å². The van der Waals surface area contributed by atoms with Crippen molar-refractivity contribution in [1.29, 1.82) is 5.26 Å². The fourth-order valence-electron chi connectivity index (χ4n) is 3.57. The van der Waals surface area contributed by atoms with Gasteiger partial charge >= 0.3 is 0 Å². The van der Waals surface area contributed by atoms with Gasteiger partial charge in [-0.15, -0.1) is 0 Å². The van der Waals surface area contributed by atoms with Crippen LogP contribution in [0, 0.1) is 11.3 Å². The van der Waals surface area contributed by atoms with Crippen LogP contribution in [0.15, 0.2) is 72.8 Å². The third-order valence-electron chi connectivity index (χ3n) is 5.34. The van der Waals surface area contributed by atoms with E-state index in [0.29, 0.717) is 5.56 Å². The molecule has 0 unspecified atom stereocenters. The molecule has 0 saturated carbocycles. The van der Waals surface area contributed by atoms with E-state index in [1.165, 1.54) is 67.2 Å². The van der Waals surface area contributed by atoms with Crippen molar-refractivity contribution in [1.82, 2.24) is 0 Å². The number of nitriles is 1. The molecule has 28 heavy (non-hydrogen) atoms. The van der Waals surface area contributed by atoms with E-state index in [9.17, 15) is 0 Å². The van der Waals surface area contributed by atoms with Crippen LogP contribution in [0.25, 0.3) is 22.3 Å². The van der Waals surface area contributed by atoms with Crippen LogP contribution < -0.4 is 0 Å². The van der Waals surface area contributed by atoms with Gasteiger partial charge in [0, 0.05) is 0 Å². The van der Waals surface area contributed by atoms with E-state index in [1.54, 1.807) is 0 Å². The average Bonchev–Trinajstić information content (AvgIpc) is 2.77. The van der Waals surface area contributed by atoms with Crippen molar-refractivity contribution in [2.45, 2.75) is 51.9 Å². The molecule has 0 aliphatic heterocycles. The normalized spacial score (nSPS) is 10.6. The summed E-state index contributed by atoms with van der Waals surface area (Å²) < 4.78 is 0. The quantitative estimate of drug-likeness (QED) is 0.354. The van der Waals surface area contributed by atoms with Gasteiger partial charge in [-0.3, -0.25) is 0 Å². The summed E-state index contributed by atoms with van der Waals surface area (Å²) >= 11 is 0. The molecule has 0 aliphatic carbocycles. The molecule has 3 rings (SSSR count). The first-order valence-electron chi connectivity index (χ1n) is 10.5. The monoisotopic (exact) mass is 367 g/mol. The van der Waals surface area contributed by atoms with Crippen LogP contribution in [-0.2, 0) is 6.42 Å². The predicted octanol–water partition coefficient (Wildman–Crippen LogP) is 7.80. The summed E-state index contributed by atoms with van der Waals surface area (Å²) in [7, 11) is 0. The summed E-state index contributed by atoms with van der Waals surface area (Å²) in [6.45, 7) is 2.27. The summed E-state index contributed by atoms with van der Waals surface area (Å²) in [5, 5.41) is 8.92. The smallest absolute Gasteiger partial charge is 0.0991 e. The maximum atomic E-state index is 8.92. The van der Waals surface area contributed by atoms with Gasteiger partial charge in [-0.2, -0.15) is 5.26 Å². The predicted molar refractivity (Wildman–Crippen MR) is 119 cm³/mol. The molecule has 0 fully saturated rings. The Balaban J connectivity index is 1.57. The number of aryl methyl sites for hydroxylation is 1. The minimum atomic E-state index is 0.696. The van der Waals surface area contributed by atoms with Crippen LogP contribution in [-0.4, -0.2) is 0 Å². The topological polar surface area (TPSA) is 23.8 Å². The minimum absolute atomic E-state index is 0.696. The summed E-state index contributed by atoms with van der Waals surface area (Å²) in [6, 6.07) is 27.6. The van der Waals surface area contributed by atoms with Crippen LogP contribution in [0.3, 0.4) is 0 Å². The lowest BCUT2D eigenvalue weighted by atomic mass is 9.98. The van der Waals surface area contributed by atoms with Gasteiger partial charge in [0.1, 0.15) is 0 Å². The Morgan fingerprint density at radius 2 is 1.00 bits per heavy atom. The Morgan fingerprint density at radius 3 is 1.50 bits per heavy atom. The van der Waals surface area contributed by atoms with Crippen molar-refractivity contribution in [3.63, 3.8) is 0 Å². The van der Waals surface area contributed by atoms with Gasteiger partial charge < -0.3 is 0 Å². The Bertz CT molecular complexity index is 881. The molecule has 3 aromatic carbocycles. The summed E-state index contributed by atoms with van der Waals surface area (Å²) in [5.41, 5.74) is 6.95. The van der Waals surface area contributed by atoms with Crippen molar-refractivity contribution < 1.29 is 0 Å². The SMILES string of the molecule is CCCCCCCCc1ccc(-c2ccc(-c3ccc(C#N)cc3)cc2)cc1. The van der Waals surface area contributed by atoms with E-state index in [1.807, 2.05) is 24.3 Å². The minimum Gasteiger partial charge on any atom is -0.192 e. The van der Waals surface area contributed by atoms with Gasteiger partial charge in [0.2, 0.25) is 0 Å². The molecule has 0 bridgehead atoms. The van der Waals surface area contributed by atoms with Gasteiger partial charge in [0.05, 0.1) is 11.6 Å². The van der Waals surface area contributed by atoms with Crippen LogP contribution in [0.5, 0.6) is 0 Å². The molecule has 0 radical (unpaired) electrons. The highest BCUT2D eigenvalue weighted by Gasteiger charge is 2.02. The Hall–Kier alpha value is -2.85. The molecule has 0 aliphatic rings. The molecule has 0 N–H and O–H groups in total. The molecule has 0 atom stereocenters. The maximum absolute atomic E-state index is 8.92. The number of nitrogens with zero attached hydrogens (tertiary/aromatic N) is 1. The standard InChI is InChI=1S/C27H29N/c1-2-3-4-5-6-7-8-22-9-13-24(14-10-22)26-17-19-27(20-18-26)25-15-11-23(21-28)12-16-25/h9-20H,2-8H2,1H3. The van der Waals surface area contributed by atoms with Gasteiger partial charge in [-0.05, 0) is 52.8 Å². The number of benzene rings is 3. The van der Waals surface area contributed by atoms with E-state index >= 15 is 0 Å². The Kier molecular flexibility index (Phi) is 7.44. The molecule has 3 aromatic rings. The third-order valence-corrected chi connectivity index (χ3v) is 5.34. The second kappa shape index (κ2) is 10.5. The lowest BCUT2D eigenvalue weighted by molar-refractivity contribution is 0.607. The van der Waals surface area contributed by atoms with Crippen molar-refractivity contribution in [2.75, 3.05) is 0 Å². The van der Waals surface area contributed by atoms with E-state index in [-0.39, 0.29) is 0 Å². The Labute approximate surface area is 169 Å². The lowest BCUT2D eigenvalue weighted by Gasteiger charge is -2.07. The van der Waals surface area contributed by atoms with Crippen molar-refractivity contribution in [3.05, 3.63) is 83.9 Å². The molecule has 0 aromatic heterocycles. The number of unbranched alkanes of at least 4 members (excludes halogenated alkanes) is 5. The fourth-order valence-corrected chi connectivity index (χ4v) is 3.57. The van der Waals surface area contributed by atoms with Gasteiger partial charge in [0.15, 0.2) is 0 Å². The second-order valence-electron chi connectivity index (χ2n) is 7.48. The highest BCUT2D eigenvalue weighted by atomic mass is 14.2. The lowest BCUT2D eigenvalue weighted by Crippen LogP contribution is -1.87. The summed E-state index contributed by atoms with van der Waals surface area (Å²) in [4.78, 5) is 0. The zero-order valence-electron chi connectivity index (χ0n) is 16.8. The molecule has 0 amide bonds. The fraction of sp³-hybridized carbons (Fsp3) is 0.296. The molecule has 0 heterocycles. The first kappa shape index (κ1) is 19.9. The van der Waals surface area contributed by atoms with Crippen molar-refractivity contribution in [3.8, 4) is 28.3 Å². The molecular weight excluding hydrogens is 338 g/mol. The first-order chi connectivity index (χ1) is 13.8. The largest absolute Gasteiger partial charge is 0.192 e. The van der Waals surface area contributed by atoms with Crippen molar-refractivity contribution >= 4 is 0 Å². The van der Waals surface area contributed by atoms with Gasteiger partial charge in [-0.25, -0.2) is 0 Å². The maximum Gasteiger partial charge on any atom is 0.0991 e. The summed E-state index contributed by atoms with van der Waals surface area (Å²) in [5.74, 6) is 0. The van der Waals surface area contributed by atoms with E-state index < -0.39 is 0 Å². The van der Waals surface area contributed by atoms with Crippen LogP contribution in [0.1, 0.15) is 56.6 Å². The van der Waals surface area contributed by atoms with E-state index in [0.717, 1.165) is 5.56 Å². The van der Waals surface area contributed by atoms with Crippen molar-refractivity contribution in [2.24, 2.45) is 0 Å². The first-order valence-corrected chi connectivity index (χ1v) is 10.5. The summed E-state index contributed by atoms with van der Waals surface area (Å²) in [6.07, 6.45) is 9.27. The highest BCUT2D eigenvalue weighted by Crippen LogP contribution is 2.25. The highest BCUT2D eigenvalue weighted by molar-refractivity contribution is 5.70. The Morgan fingerprint density at radius 1 is 0.571 bits per heavy atom. The average molecular weight is 368 g/mol. The molecular formula is C27H29N. The zero-order chi connectivity index (χ0) is 19.6. The number of rotatable bonds is 9. The van der Waals surface area contributed by atoms with Gasteiger partial charge in [0.25, 0.3) is 0 Å². The van der Waals surface area contributed by atoms with Crippen LogP contribution in [0.2, 0.25) is 0 Å². The number of hydrogen-bond donors (Lipinski definition) is 0. The number of hydrogen-bond acceptors (Lipinski definition) is 1. The van der Waals surface area contributed by atoms with Gasteiger partial charge in [-0.1, -0.05) is 99.7 Å². The second-order valence-corrected chi connectivity index (χ2v) is 7.48. The molecule has 1 heteroatoms. The zero-order valence-corrected chi connectivity index (χ0v) is 16.8.